The minimum atomic E-state index is -0.201. The van der Waals surface area contributed by atoms with Gasteiger partial charge < -0.3 is 20.1 Å². The monoisotopic (exact) mass is 330 g/mol. The van der Waals surface area contributed by atoms with Gasteiger partial charge in [-0.25, -0.2) is 4.79 Å². The minimum Gasteiger partial charge on any atom is -0.491 e. The molecule has 1 aliphatic rings. The van der Waals surface area contributed by atoms with Crippen molar-refractivity contribution in [2.24, 2.45) is 0 Å². The fourth-order valence-corrected chi connectivity index (χ4v) is 2.64. The summed E-state index contributed by atoms with van der Waals surface area (Å²) in [5.41, 5.74) is 2.07. The van der Waals surface area contributed by atoms with E-state index in [1.807, 2.05) is 30.5 Å². The fraction of sp³-hybridized carbons (Fsp3) is 0.412. The number of rotatable bonds is 6. The predicted molar refractivity (Wildman–Crippen MR) is 88.9 cm³/mol. The normalized spacial score (nSPS) is 16.1. The number of para-hydroxylation sites is 1. The summed E-state index contributed by atoms with van der Waals surface area (Å²) in [4.78, 5) is 12.1. The van der Waals surface area contributed by atoms with Crippen LogP contribution in [0.5, 0.6) is 5.75 Å². The highest BCUT2D eigenvalue weighted by Gasteiger charge is 2.20. The fourth-order valence-electron chi connectivity index (χ4n) is 2.64. The predicted octanol–water partition coefficient (Wildman–Crippen LogP) is 1.33. The smallest absolute Gasteiger partial charge is 0.315 e. The Balaban J connectivity index is 1.44. The van der Waals surface area contributed by atoms with Gasteiger partial charge in [-0.15, -0.1) is 0 Å². The van der Waals surface area contributed by atoms with E-state index in [1.54, 1.807) is 18.0 Å². The maximum atomic E-state index is 12.1. The lowest BCUT2D eigenvalue weighted by Crippen LogP contribution is -2.47. The first-order valence-electron chi connectivity index (χ1n) is 8.00. The van der Waals surface area contributed by atoms with E-state index in [1.165, 1.54) is 0 Å². The van der Waals surface area contributed by atoms with E-state index < -0.39 is 0 Å². The van der Waals surface area contributed by atoms with Crippen LogP contribution in [-0.2, 0) is 24.2 Å². The quantitative estimate of drug-likeness (QED) is 0.838. The van der Waals surface area contributed by atoms with Gasteiger partial charge in [-0.3, -0.25) is 4.68 Å². The molecule has 1 aliphatic heterocycles. The van der Waals surface area contributed by atoms with E-state index >= 15 is 0 Å². The van der Waals surface area contributed by atoms with Crippen molar-refractivity contribution in [3.05, 3.63) is 47.8 Å². The Bertz CT molecular complexity index is 686. The Kier molecular flexibility index (Phi) is 5.32. The van der Waals surface area contributed by atoms with Crippen molar-refractivity contribution in [3.8, 4) is 5.75 Å². The molecule has 0 saturated heterocycles. The van der Waals surface area contributed by atoms with Gasteiger partial charge in [0.05, 0.1) is 25.4 Å². The molecule has 0 bridgehead atoms. The van der Waals surface area contributed by atoms with Gasteiger partial charge in [0.15, 0.2) is 0 Å². The highest BCUT2D eigenvalue weighted by molar-refractivity contribution is 5.74. The second-order valence-corrected chi connectivity index (χ2v) is 5.75. The van der Waals surface area contributed by atoms with Crippen LogP contribution in [-0.4, -0.2) is 42.2 Å². The third-order valence-electron chi connectivity index (χ3n) is 3.88. The van der Waals surface area contributed by atoms with E-state index in [9.17, 15) is 4.79 Å². The third kappa shape index (κ3) is 4.26. The second kappa shape index (κ2) is 7.83. The number of nitrogens with one attached hydrogen (secondary N) is 2. The number of fused-ring (bicyclic) bond motifs is 1. The summed E-state index contributed by atoms with van der Waals surface area (Å²) in [6.45, 7) is 2.22. The lowest BCUT2D eigenvalue weighted by Gasteiger charge is -2.26. The van der Waals surface area contributed by atoms with Crippen LogP contribution < -0.4 is 15.4 Å². The Labute approximate surface area is 140 Å². The first-order chi connectivity index (χ1) is 11.7. The molecule has 24 heavy (non-hydrogen) atoms. The van der Waals surface area contributed by atoms with Gasteiger partial charge in [-0.1, -0.05) is 18.2 Å². The topological polar surface area (TPSA) is 77.4 Å². The lowest BCUT2D eigenvalue weighted by atomic mass is 10.0. The van der Waals surface area contributed by atoms with Gasteiger partial charge in [0.25, 0.3) is 0 Å². The molecule has 3 rings (SSSR count). The molecule has 2 amide bonds. The van der Waals surface area contributed by atoms with Gasteiger partial charge in [-0.2, -0.15) is 5.10 Å². The third-order valence-corrected chi connectivity index (χ3v) is 3.88. The Morgan fingerprint density at radius 1 is 1.46 bits per heavy atom. The Morgan fingerprint density at radius 2 is 2.33 bits per heavy atom. The number of amides is 2. The summed E-state index contributed by atoms with van der Waals surface area (Å²) in [6, 6.07) is 7.68. The van der Waals surface area contributed by atoms with Crippen LogP contribution in [0.2, 0.25) is 0 Å². The van der Waals surface area contributed by atoms with Crippen LogP contribution in [0.3, 0.4) is 0 Å². The van der Waals surface area contributed by atoms with Crippen molar-refractivity contribution in [1.29, 1.82) is 0 Å². The molecule has 1 unspecified atom stereocenters. The van der Waals surface area contributed by atoms with Gasteiger partial charge in [0.2, 0.25) is 0 Å². The number of ether oxygens (including phenoxy) is 2. The van der Waals surface area contributed by atoms with Crippen LogP contribution in [0.25, 0.3) is 0 Å². The number of methoxy groups -OCH3 is 1. The lowest BCUT2D eigenvalue weighted by molar-refractivity contribution is 0.183. The minimum absolute atomic E-state index is 0.0238. The number of hydrogen-bond donors (Lipinski definition) is 2. The van der Waals surface area contributed by atoms with Crippen molar-refractivity contribution in [2.75, 3.05) is 20.3 Å². The molecule has 2 aromatic rings. The van der Waals surface area contributed by atoms with Gasteiger partial charge in [0.1, 0.15) is 12.4 Å². The zero-order chi connectivity index (χ0) is 16.8. The molecule has 7 nitrogen and oxygen atoms in total. The van der Waals surface area contributed by atoms with E-state index in [4.69, 9.17) is 9.47 Å². The van der Waals surface area contributed by atoms with E-state index in [-0.39, 0.29) is 12.1 Å². The zero-order valence-electron chi connectivity index (χ0n) is 13.7. The number of aromatic nitrogens is 2. The van der Waals surface area contributed by atoms with E-state index in [0.29, 0.717) is 26.3 Å². The number of urea groups is 1. The van der Waals surface area contributed by atoms with Gasteiger partial charge >= 0.3 is 6.03 Å². The summed E-state index contributed by atoms with van der Waals surface area (Å²) < 4.78 is 12.5. The van der Waals surface area contributed by atoms with Crippen LogP contribution in [0.1, 0.15) is 11.1 Å². The van der Waals surface area contributed by atoms with Crippen LogP contribution >= 0.6 is 0 Å². The molecule has 1 aromatic heterocycles. The molecule has 2 N–H and O–H groups in total. The SMILES string of the molecule is COCCn1cc(CNC(=O)NC2COc3ccccc3C2)cn1. The van der Waals surface area contributed by atoms with Crippen molar-refractivity contribution >= 4 is 6.03 Å². The Morgan fingerprint density at radius 3 is 3.21 bits per heavy atom. The molecule has 0 aliphatic carbocycles. The number of nitrogens with zero attached hydrogens (tertiary/aromatic N) is 2. The summed E-state index contributed by atoms with van der Waals surface area (Å²) in [7, 11) is 1.66. The maximum Gasteiger partial charge on any atom is 0.315 e. The first-order valence-corrected chi connectivity index (χ1v) is 8.00. The van der Waals surface area contributed by atoms with Gasteiger partial charge in [0, 0.05) is 25.4 Å². The molecule has 0 radical (unpaired) electrons. The van der Waals surface area contributed by atoms with E-state index in [2.05, 4.69) is 15.7 Å². The molecule has 1 atom stereocenters. The highest BCUT2D eigenvalue weighted by Crippen LogP contribution is 2.23. The summed E-state index contributed by atoms with van der Waals surface area (Å²) >= 11 is 0. The van der Waals surface area contributed by atoms with E-state index in [0.717, 1.165) is 23.3 Å². The maximum absolute atomic E-state index is 12.1. The molecular formula is C17H22N4O3. The molecule has 0 fully saturated rings. The molecular weight excluding hydrogens is 308 g/mol. The van der Waals surface area contributed by atoms with Crippen molar-refractivity contribution in [1.82, 2.24) is 20.4 Å². The van der Waals surface area contributed by atoms with Crippen molar-refractivity contribution < 1.29 is 14.3 Å². The first kappa shape index (κ1) is 16.3. The summed E-state index contributed by atoms with van der Waals surface area (Å²) in [6.07, 6.45) is 4.42. The molecule has 2 heterocycles. The summed E-state index contributed by atoms with van der Waals surface area (Å²) in [5, 5.41) is 10.0. The molecule has 0 spiro atoms. The average Bonchev–Trinajstić information content (AvgIpc) is 3.06. The van der Waals surface area contributed by atoms with Crippen LogP contribution in [0.4, 0.5) is 4.79 Å². The number of benzene rings is 1. The molecule has 128 valence electrons. The molecule has 1 aromatic carbocycles. The van der Waals surface area contributed by atoms with Crippen LogP contribution in [0.15, 0.2) is 36.7 Å². The summed E-state index contributed by atoms with van der Waals surface area (Å²) in [5.74, 6) is 0.902. The molecule has 0 saturated carbocycles. The zero-order valence-corrected chi connectivity index (χ0v) is 13.7. The number of hydrogen-bond acceptors (Lipinski definition) is 4. The van der Waals surface area contributed by atoms with Gasteiger partial charge in [-0.05, 0) is 18.1 Å². The number of carbonyl (C=O) groups excluding carboxylic acids is 1. The molecule has 7 heteroatoms. The number of carbonyl (C=O) groups is 1. The highest BCUT2D eigenvalue weighted by atomic mass is 16.5. The average molecular weight is 330 g/mol. The Hall–Kier alpha value is -2.54. The standard InChI is InChI=1S/C17H22N4O3/c1-23-7-6-21-11-13(10-19-21)9-18-17(22)20-15-8-14-4-2-3-5-16(14)24-12-15/h2-5,10-11,15H,6-9,12H2,1H3,(H2,18,20,22). The van der Waals surface area contributed by atoms with Crippen molar-refractivity contribution in [2.45, 2.75) is 25.6 Å². The largest absolute Gasteiger partial charge is 0.491 e. The van der Waals surface area contributed by atoms with Crippen LogP contribution in [0, 0.1) is 0 Å². The van der Waals surface area contributed by atoms with Crippen molar-refractivity contribution in [3.63, 3.8) is 0 Å². The second-order valence-electron chi connectivity index (χ2n) is 5.75.